The van der Waals surface area contributed by atoms with Crippen LogP contribution in [0.1, 0.15) is 39.5 Å². The molecule has 5 nitrogen and oxygen atoms in total. The van der Waals surface area contributed by atoms with E-state index in [1.165, 1.54) is 0 Å². The van der Waals surface area contributed by atoms with Gasteiger partial charge in [0.1, 0.15) is 5.75 Å². The van der Waals surface area contributed by atoms with Gasteiger partial charge in [0.05, 0.1) is 12.0 Å². The molecule has 5 heteroatoms. The molecule has 114 valence electrons. The summed E-state index contributed by atoms with van der Waals surface area (Å²) in [5, 5.41) is 2.58. The van der Waals surface area contributed by atoms with Crippen molar-refractivity contribution < 1.29 is 19.1 Å². The Morgan fingerprint density at radius 3 is 2.38 bits per heavy atom. The van der Waals surface area contributed by atoms with E-state index in [1.807, 2.05) is 6.92 Å². The predicted octanol–water partition coefficient (Wildman–Crippen LogP) is 3.74. The van der Waals surface area contributed by atoms with E-state index < -0.39 is 6.09 Å². The second kappa shape index (κ2) is 6.61. The molecule has 21 heavy (non-hydrogen) atoms. The summed E-state index contributed by atoms with van der Waals surface area (Å²) in [5.74, 6) is 0.314. The van der Waals surface area contributed by atoms with Gasteiger partial charge >= 0.3 is 12.1 Å². The minimum Gasteiger partial charge on any atom is -0.450 e. The van der Waals surface area contributed by atoms with Gasteiger partial charge < -0.3 is 9.47 Å². The molecule has 0 bridgehead atoms. The zero-order valence-corrected chi connectivity index (χ0v) is 12.5. The molecule has 1 aliphatic carbocycles. The largest absolute Gasteiger partial charge is 0.450 e. The number of amides is 1. The first-order chi connectivity index (χ1) is 10.0. The molecule has 1 fully saturated rings. The van der Waals surface area contributed by atoms with E-state index in [2.05, 4.69) is 5.32 Å². The Morgan fingerprint density at radius 1 is 1.19 bits per heavy atom. The van der Waals surface area contributed by atoms with Crippen LogP contribution in [0.25, 0.3) is 0 Å². The number of nitrogens with one attached hydrogen (secondary N) is 1. The van der Waals surface area contributed by atoms with E-state index in [0.29, 0.717) is 18.0 Å². The van der Waals surface area contributed by atoms with Gasteiger partial charge in [0.25, 0.3) is 0 Å². The molecule has 1 aliphatic rings. The third kappa shape index (κ3) is 3.97. The van der Waals surface area contributed by atoms with Crippen LogP contribution in [0.5, 0.6) is 5.75 Å². The van der Waals surface area contributed by atoms with Crippen molar-refractivity contribution in [2.24, 2.45) is 5.41 Å². The van der Waals surface area contributed by atoms with Crippen molar-refractivity contribution in [2.45, 2.75) is 39.5 Å². The molecule has 2 rings (SSSR count). The number of ether oxygens (including phenoxy) is 2. The number of carbonyl (C=O) groups excluding carboxylic acids is 2. The molecule has 1 aromatic carbocycles. The zero-order chi connectivity index (χ0) is 15.3. The average molecular weight is 291 g/mol. The summed E-state index contributed by atoms with van der Waals surface area (Å²) < 4.78 is 10.2. The molecule has 0 aliphatic heterocycles. The number of carbonyl (C=O) groups is 2. The van der Waals surface area contributed by atoms with Crippen molar-refractivity contribution in [1.82, 2.24) is 0 Å². The molecule has 1 saturated carbocycles. The fourth-order valence-corrected chi connectivity index (χ4v) is 2.48. The lowest BCUT2D eigenvalue weighted by Gasteiger charge is -2.20. The molecule has 0 saturated heterocycles. The van der Waals surface area contributed by atoms with Gasteiger partial charge in [-0.1, -0.05) is 12.8 Å². The predicted molar refractivity (Wildman–Crippen MR) is 79.3 cm³/mol. The topological polar surface area (TPSA) is 64.6 Å². The monoisotopic (exact) mass is 291 g/mol. The van der Waals surface area contributed by atoms with Crippen LogP contribution in [0.15, 0.2) is 24.3 Å². The molecule has 0 atom stereocenters. The van der Waals surface area contributed by atoms with Gasteiger partial charge in [-0.05, 0) is 51.0 Å². The van der Waals surface area contributed by atoms with Crippen molar-refractivity contribution in [3.63, 3.8) is 0 Å². The second-order valence-electron chi connectivity index (χ2n) is 5.53. The number of hydrogen-bond donors (Lipinski definition) is 1. The molecular formula is C16H21NO4. The Balaban J connectivity index is 1.93. The third-order valence-corrected chi connectivity index (χ3v) is 3.79. The van der Waals surface area contributed by atoms with Crippen LogP contribution >= 0.6 is 0 Å². The van der Waals surface area contributed by atoms with E-state index in [9.17, 15) is 9.59 Å². The fourth-order valence-electron chi connectivity index (χ4n) is 2.48. The maximum Gasteiger partial charge on any atom is 0.411 e. The highest BCUT2D eigenvalue weighted by molar-refractivity contribution is 5.84. The van der Waals surface area contributed by atoms with Crippen LogP contribution in [-0.4, -0.2) is 18.7 Å². The Morgan fingerprint density at radius 2 is 1.81 bits per heavy atom. The molecule has 0 unspecified atom stereocenters. The van der Waals surface area contributed by atoms with E-state index in [0.717, 1.165) is 25.7 Å². The molecule has 0 radical (unpaired) electrons. The summed E-state index contributed by atoms with van der Waals surface area (Å²) in [6, 6.07) is 6.68. The Labute approximate surface area is 124 Å². The van der Waals surface area contributed by atoms with Crippen LogP contribution < -0.4 is 10.1 Å². The molecule has 0 aromatic heterocycles. The van der Waals surface area contributed by atoms with Gasteiger partial charge in [0.15, 0.2) is 0 Å². The van der Waals surface area contributed by atoms with Crippen LogP contribution in [0.3, 0.4) is 0 Å². The first kappa shape index (κ1) is 15.4. The number of anilines is 1. The second-order valence-corrected chi connectivity index (χ2v) is 5.53. The van der Waals surface area contributed by atoms with E-state index >= 15 is 0 Å². The normalized spacial score (nSPS) is 16.3. The first-order valence-electron chi connectivity index (χ1n) is 7.29. The molecule has 1 amide bonds. The zero-order valence-electron chi connectivity index (χ0n) is 12.5. The summed E-state index contributed by atoms with van der Waals surface area (Å²) in [6.45, 7) is 4.02. The number of hydrogen-bond acceptors (Lipinski definition) is 4. The van der Waals surface area contributed by atoms with Crippen LogP contribution in [0, 0.1) is 5.41 Å². The third-order valence-electron chi connectivity index (χ3n) is 3.79. The Bertz CT molecular complexity index is 504. The van der Waals surface area contributed by atoms with Gasteiger partial charge in [-0.3, -0.25) is 10.1 Å². The highest BCUT2D eigenvalue weighted by Gasteiger charge is 2.38. The first-order valence-corrected chi connectivity index (χ1v) is 7.29. The molecule has 1 aromatic rings. The molecule has 0 spiro atoms. The highest BCUT2D eigenvalue weighted by atomic mass is 16.5. The minimum atomic E-state index is -0.499. The lowest BCUT2D eigenvalue weighted by molar-refractivity contribution is -0.144. The van der Waals surface area contributed by atoms with Crippen LogP contribution in [-0.2, 0) is 9.53 Å². The average Bonchev–Trinajstić information content (AvgIpc) is 2.89. The summed E-state index contributed by atoms with van der Waals surface area (Å²) in [5.41, 5.74) is 0.238. The molecule has 1 N–H and O–H groups in total. The Hall–Kier alpha value is -2.04. The maximum atomic E-state index is 12.2. The molecule has 0 heterocycles. The van der Waals surface area contributed by atoms with Crippen molar-refractivity contribution >= 4 is 17.7 Å². The van der Waals surface area contributed by atoms with Crippen molar-refractivity contribution in [2.75, 3.05) is 11.9 Å². The van der Waals surface area contributed by atoms with Gasteiger partial charge in [-0.15, -0.1) is 0 Å². The number of esters is 1. The summed E-state index contributed by atoms with van der Waals surface area (Å²) in [4.78, 5) is 23.4. The highest BCUT2D eigenvalue weighted by Crippen LogP contribution is 2.38. The number of rotatable bonds is 4. The Kier molecular flexibility index (Phi) is 4.83. The number of benzene rings is 1. The van der Waals surface area contributed by atoms with Gasteiger partial charge in [0.2, 0.25) is 0 Å². The lowest BCUT2D eigenvalue weighted by atomic mass is 9.89. The van der Waals surface area contributed by atoms with E-state index in [1.54, 1.807) is 31.2 Å². The quantitative estimate of drug-likeness (QED) is 0.678. The van der Waals surface area contributed by atoms with E-state index in [-0.39, 0.29) is 11.4 Å². The van der Waals surface area contributed by atoms with Gasteiger partial charge in [-0.25, -0.2) is 4.79 Å². The van der Waals surface area contributed by atoms with E-state index in [4.69, 9.17) is 9.47 Å². The van der Waals surface area contributed by atoms with Crippen molar-refractivity contribution in [3.8, 4) is 5.75 Å². The van der Waals surface area contributed by atoms with Crippen molar-refractivity contribution in [1.29, 1.82) is 0 Å². The minimum absolute atomic E-state index is 0.175. The summed E-state index contributed by atoms with van der Waals surface area (Å²) in [7, 11) is 0. The van der Waals surface area contributed by atoms with Gasteiger partial charge in [0, 0.05) is 5.69 Å². The SMILES string of the molecule is CCOC(=O)Nc1ccc(OC(=O)C2(C)CCCC2)cc1. The van der Waals surface area contributed by atoms with Gasteiger partial charge in [-0.2, -0.15) is 0 Å². The fraction of sp³-hybridized carbons (Fsp3) is 0.500. The summed E-state index contributed by atoms with van der Waals surface area (Å²) >= 11 is 0. The van der Waals surface area contributed by atoms with Crippen molar-refractivity contribution in [3.05, 3.63) is 24.3 Å². The molecular weight excluding hydrogens is 270 g/mol. The lowest BCUT2D eigenvalue weighted by Crippen LogP contribution is -2.29. The standard InChI is InChI=1S/C16H21NO4/c1-3-20-15(19)17-12-6-8-13(9-7-12)21-14(18)16(2)10-4-5-11-16/h6-9H,3-5,10-11H2,1-2H3,(H,17,19). The maximum absolute atomic E-state index is 12.2. The van der Waals surface area contributed by atoms with Crippen LogP contribution in [0.2, 0.25) is 0 Å². The summed E-state index contributed by atoms with van der Waals surface area (Å²) in [6.07, 6.45) is 3.42. The van der Waals surface area contributed by atoms with Crippen LogP contribution in [0.4, 0.5) is 10.5 Å². The smallest absolute Gasteiger partial charge is 0.411 e.